The second kappa shape index (κ2) is 11.6. The molecule has 2 aliphatic heterocycles. The van der Waals surface area contributed by atoms with Crippen molar-refractivity contribution in [2.75, 3.05) is 39.8 Å². The average molecular weight is 457 g/mol. The third-order valence-electron chi connectivity index (χ3n) is 5.94. The summed E-state index contributed by atoms with van der Waals surface area (Å²) in [4.78, 5) is 52.6. The van der Waals surface area contributed by atoms with E-state index in [0.29, 0.717) is 39.1 Å². The van der Waals surface area contributed by atoms with E-state index in [1.807, 2.05) is 30.3 Å². The number of carbonyl (C=O) groups excluding carboxylic acids is 4. The van der Waals surface area contributed by atoms with E-state index < -0.39 is 0 Å². The highest BCUT2D eigenvalue weighted by Gasteiger charge is 2.30. The highest BCUT2D eigenvalue weighted by Crippen LogP contribution is 2.19. The lowest BCUT2D eigenvalue weighted by molar-refractivity contribution is -0.152. The molecule has 0 N–H and O–H groups in total. The van der Waals surface area contributed by atoms with Crippen molar-refractivity contribution in [2.45, 2.75) is 39.0 Å². The number of likely N-dealkylation sites (tertiary alicyclic amines) is 1. The molecule has 1 fully saturated rings. The molecule has 3 rings (SSSR count). The largest absolute Gasteiger partial charge is 0.466 e. The van der Waals surface area contributed by atoms with Gasteiger partial charge in [0.05, 0.1) is 31.3 Å². The quantitative estimate of drug-likeness (QED) is 0.554. The number of hydrogen-bond donors (Lipinski definition) is 0. The zero-order valence-corrected chi connectivity index (χ0v) is 19.4. The number of likely N-dealkylation sites (N-methyl/N-ethyl adjacent to an activating group) is 1. The Bertz CT molecular complexity index is 901. The molecule has 0 spiro atoms. The van der Waals surface area contributed by atoms with Crippen LogP contribution < -0.4 is 0 Å². The third-order valence-corrected chi connectivity index (χ3v) is 5.94. The maximum atomic E-state index is 12.6. The van der Waals surface area contributed by atoms with Crippen molar-refractivity contribution in [3.05, 3.63) is 35.9 Å². The van der Waals surface area contributed by atoms with E-state index in [1.165, 1.54) is 9.91 Å². The Kier molecular flexibility index (Phi) is 8.57. The van der Waals surface area contributed by atoms with Crippen LogP contribution in [-0.2, 0) is 23.9 Å². The van der Waals surface area contributed by atoms with E-state index in [1.54, 1.807) is 18.9 Å². The van der Waals surface area contributed by atoms with Gasteiger partial charge in [0.15, 0.2) is 0 Å². The highest BCUT2D eigenvalue weighted by molar-refractivity contribution is 6.02. The summed E-state index contributed by atoms with van der Waals surface area (Å²) in [6.45, 7) is 3.37. The minimum atomic E-state index is -0.317. The van der Waals surface area contributed by atoms with Gasteiger partial charge in [-0.25, -0.2) is 5.01 Å². The molecule has 0 saturated carbocycles. The lowest BCUT2D eigenvalue weighted by Gasteiger charge is -2.32. The number of hydrogen-bond acceptors (Lipinski definition) is 6. The average Bonchev–Trinajstić information content (AvgIpc) is 3.33. The van der Waals surface area contributed by atoms with Gasteiger partial charge < -0.3 is 14.5 Å². The Labute approximate surface area is 194 Å². The third kappa shape index (κ3) is 6.63. The van der Waals surface area contributed by atoms with Gasteiger partial charge in [-0.2, -0.15) is 5.10 Å². The molecule has 0 radical (unpaired) electrons. The monoisotopic (exact) mass is 456 g/mol. The molecule has 0 bridgehead atoms. The Balaban J connectivity index is 1.44. The summed E-state index contributed by atoms with van der Waals surface area (Å²) in [5.41, 5.74) is 1.85. The molecule has 0 aliphatic carbocycles. The summed E-state index contributed by atoms with van der Waals surface area (Å²) >= 11 is 0. The zero-order valence-electron chi connectivity index (χ0n) is 19.4. The van der Waals surface area contributed by atoms with Crippen molar-refractivity contribution < 1.29 is 23.9 Å². The number of esters is 1. The minimum absolute atomic E-state index is 0.0146. The molecule has 0 aromatic heterocycles. The van der Waals surface area contributed by atoms with Gasteiger partial charge >= 0.3 is 5.97 Å². The Morgan fingerprint density at radius 1 is 1.09 bits per heavy atom. The lowest BCUT2D eigenvalue weighted by atomic mass is 9.98. The van der Waals surface area contributed by atoms with Crippen molar-refractivity contribution in [3.63, 3.8) is 0 Å². The fourth-order valence-corrected chi connectivity index (χ4v) is 4.05. The van der Waals surface area contributed by atoms with Crippen LogP contribution in [0.1, 0.15) is 44.6 Å². The standard InChI is InChI=1S/C24H32N4O5/c1-3-33-24(32)19-10-7-14-27(16-19)23(31)17-26(2)21(29)11-12-22(30)28-15-13-20(25-28)18-8-5-4-6-9-18/h4-6,8-9,19H,3,7,10-17H2,1-2H3. The molecule has 1 atom stereocenters. The molecule has 1 unspecified atom stereocenters. The van der Waals surface area contributed by atoms with Gasteiger partial charge in [0.1, 0.15) is 0 Å². The van der Waals surface area contributed by atoms with Crippen molar-refractivity contribution >= 4 is 29.4 Å². The van der Waals surface area contributed by atoms with Crippen LogP contribution in [0.25, 0.3) is 0 Å². The number of rotatable bonds is 8. The van der Waals surface area contributed by atoms with Gasteiger partial charge in [0, 0.05) is 39.4 Å². The van der Waals surface area contributed by atoms with Gasteiger partial charge in [0.2, 0.25) is 17.7 Å². The summed E-state index contributed by atoms with van der Waals surface area (Å²) in [6.07, 6.45) is 2.16. The number of nitrogens with zero attached hydrogens (tertiary/aromatic N) is 4. The molecule has 178 valence electrons. The summed E-state index contributed by atoms with van der Waals surface area (Å²) in [5, 5.41) is 5.82. The van der Waals surface area contributed by atoms with E-state index in [-0.39, 0.29) is 49.0 Å². The maximum absolute atomic E-state index is 12.6. The SMILES string of the molecule is CCOC(=O)C1CCCN(C(=O)CN(C)C(=O)CCC(=O)N2CCC(c3ccccc3)=N2)C1. The first-order valence-electron chi connectivity index (χ1n) is 11.5. The molecular formula is C24H32N4O5. The molecule has 9 heteroatoms. The molecule has 2 aliphatic rings. The smallest absolute Gasteiger partial charge is 0.310 e. The second-order valence-electron chi connectivity index (χ2n) is 8.36. The van der Waals surface area contributed by atoms with E-state index in [4.69, 9.17) is 4.74 Å². The Morgan fingerprint density at radius 3 is 2.58 bits per heavy atom. The number of ether oxygens (including phenoxy) is 1. The summed E-state index contributed by atoms with van der Waals surface area (Å²) in [6, 6.07) is 9.70. The van der Waals surface area contributed by atoms with Crippen molar-refractivity contribution in [1.29, 1.82) is 0 Å². The molecule has 1 saturated heterocycles. The zero-order chi connectivity index (χ0) is 23.8. The molecule has 3 amide bonds. The molecule has 2 heterocycles. The van der Waals surface area contributed by atoms with E-state index in [0.717, 1.165) is 17.7 Å². The minimum Gasteiger partial charge on any atom is -0.466 e. The number of hydrazone groups is 1. The highest BCUT2D eigenvalue weighted by atomic mass is 16.5. The number of piperidine rings is 1. The van der Waals surface area contributed by atoms with Gasteiger partial charge in [-0.1, -0.05) is 30.3 Å². The molecule has 1 aromatic carbocycles. The topological polar surface area (TPSA) is 99.6 Å². The maximum Gasteiger partial charge on any atom is 0.310 e. The normalized spacial score (nSPS) is 18.0. The number of benzene rings is 1. The van der Waals surface area contributed by atoms with Crippen LogP contribution in [-0.4, -0.2) is 84.0 Å². The molecule has 1 aromatic rings. The summed E-state index contributed by atoms with van der Waals surface area (Å²) in [7, 11) is 1.55. The van der Waals surface area contributed by atoms with Crippen LogP contribution in [0.5, 0.6) is 0 Å². The molecule has 33 heavy (non-hydrogen) atoms. The van der Waals surface area contributed by atoms with Crippen LogP contribution in [0.4, 0.5) is 0 Å². The van der Waals surface area contributed by atoms with Crippen LogP contribution in [0, 0.1) is 5.92 Å². The van der Waals surface area contributed by atoms with Crippen LogP contribution >= 0.6 is 0 Å². The predicted octanol–water partition coefficient (Wildman–Crippen LogP) is 1.66. The number of carbonyl (C=O) groups is 4. The van der Waals surface area contributed by atoms with Crippen molar-refractivity contribution in [1.82, 2.24) is 14.8 Å². The summed E-state index contributed by atoms with van der Waals surface area (Å²) in [5.74, 6) is -1.28. The van der Waals surface area contributed by atoms with Gasteiger partial charge in [-0.3, -0.25) is 19.2 Å². The van der Waals surface area contributed by atoms with Crippen LogP contribution in [0.2, 0.25) is 0 Å². The van der Waals surface area contributed by atoms with Crippen molar-refractivity contribution in [2.24, 2.45) is 11.0 Å². The predicted molar refractivity (Wildman–Crippen MR) is 122 cm³/mol. The van der Waals surface area contributed by atoms with E-state index >= 15 is 0 Å². The van der Waals surface area contributed by atoms with E-state index in [2.05, 4.69) is 5.10 Å². The van der Waals surface area contributed by atoms with Crippen molar-refractivity contribution in [3.8, 4) is 0 Å². The Hall–Kier alpha value is -3.23. The second-order valence-corrected chi connectivity index (χ2v) is 8.36. The first-order chi connectivity index (χ1) is 15.9. The van der Waals surface area contributed by atoms with Gasteiger partial charge in [-0.15, -0.1) is 0 Å². The Morgan fingerprint density at radius 2 is 1.85 bits per heavy atom. The van der Waals surface area contributed by atoms with Crippen LogP contribution in [0.3, 0.4) is 0 Å². The first kappa shape index (κ1) is 24.4. The molecular weight excluding hydrogens is 424 g/mol. The van der Waals surface area contributed by atoms with E-state index in [9.17, 15) is 19.2 Å². The van der Waals surface area contributed by atoms with Gasteiger partial charge in [-0.05, 0) is 25.3 Å². The fraction of sp³-hybridized carbons (Fsp3) is 0.542. The van der Waals surface area contributed by atoms with Gasteiger partial charge in [0.25, 0.3) is 0 Å². The lowest BCUT2D eigenvalue weighted by Crippen LogP contribution is -2.47. The fourth-order valence-electron chi connectivity index (χ4n) is 4.05. The van der Waals surface area contributed by atoms with Crippen LogP contribution in [0.15, 0.2) is 35.4 Å². The first-order valence-corrected chi connectivity index (χ1v) is 11.5. The molecule has 9 nitrogen and oxygen atoms in total. The summed E-state index contributed by atoms with van der Waals surface area (Å²) < 4.78 is 5.07. The number of amides is 3.